The van der Waals surface area contributed by atoms with Crippen LogP contribution in [-0.2, 0) is 13.1 Å². The van der Waals surface area contributed by atoms with Crippen LogP contribution in [-0.4, -0.2) is 22.4 Å². The fourth-order valence-corrected chi connectivity index (χ4v) is 2.43. The molecule has 4 heteroatoms. The number of benzene rings is 2. The number of rotatable bonds is 7. The maximum Gasteiger partial charge on any atom is 0.179 e. The Balaban J connectivity index is 1.96. The number of hydrogen-bond acceptors (Lipinski definition) is 4. The summed E-state index contributed by atoms with van der Waals surface area (Å²) in [5, 5.41) is 18.8. The quantitative estimate of drug-likeness (QED) is 0.581. The number of hydrogen-bond donors (Lipinski definition) is 0. The van der Waals surface area contributed by atoms with Crippen LogP contribution in [0.2, 0.25) is 0 Å². The molecule has 0 aromatic heterocycles. The molecule has 116 valence electrons. The third-order valence-corrected chi connectivity index (χ3v) is 3.70. The Kier molecular flexibility index (Phi) is 6.03. The van der Waals surface area contributed by atoms with Crippen molar-refractivity contribution in [2.75, 3.05) is 6.54 Å². The first-order valence-corrected chi connectivity index (χ1v) is 7.62. The minimum Gasteiger partial charge on any atom is -0.304 e. The third kappa shape index (κ3) is 5.05. The van der Waals surface area contributed by atoms with E-state index in [0.29, 0.717) is 19.6 Å². The van der Waals surface area contributed by atoms with Crippen molar-refractivity contribution in [3.8, 4) is 12.4 Å². The van der Waals surface area contributed by atoms with E-state index in [1.54, 1.807) is 9.80 Å². The second-order valence-corrected chi connectivity index (χ2v) is 5.53. The van der Waals surface area contributed by atoms with Crippen LogP contribution in [0, 0.1) is 22.9 Å². The van der Waals surface area contributed by atoms with Gasteiger partial charge in [-0.15, -0.1) is 0 Å². The Morgan fingerprint density at radius 2 is 1.35 bits per heavy atom. The molecule has 0 aliphatic carbocycles. The van der Waals surface area contributed by atoms with Crippen LogP contribution >= 0.6 is 0 Å². The summed E-state index contributed by atoms with van der Waals surface area (Å²) in [4.78, 5) is 3.40. The molecule has 1 unspecified atom stereocenters. The average Bonchev–Trinajstić information content (AvgIpc) is 2.60. The van der Waals surface area contributed by atoms with Gasteiger partial charge in [-0.25, -0.2) is 0 Å². The molecule has 0 amide bonds. The Hall–Kier alpha value is -2.98. The Labute approximate surface area is 137 Å². The molecular weight excluding hydrogens is 284 g/mol. The molecule has 1 atom stereocenters. The van der Waals surface area contributed by atoms with E-state index in [9.17, 15) is 10.5 Å². The minimum atomic E-state index is -0.0384. The molecule has 0 aliphatic heterocycles. The zero-order valence-corrected chi connectivity index (χ0v) is 13.3. The summed E-state index contributed by atoms with van der Waals surface area (Å²) in [6.45, 7) is 3.61. The lowest BCUT2D eigenvalue weighted by Crippen LogP contribution is -2.37. The van der Waals surface area contributed by atoms with Crippen LogP contribution in [0.15, 0.2) is 60.7 Å². The summed E-state index contributed by atoms with van der Waals surface area (Å²) < 4.78 is 0. The molecule has 2 aromatic carbocycles. The first kappa shape index (κ1) is 16.4. The monoisotopic (exact) mass is 304 g/mol. The van der Waals surface area contributed by atoms with Gasteiger partial charge in [-0.1, -0.05) is 60.7 Å². The molecule has 0 spiro atoms. The Bertz CT molecular complexity index is 670. The molecule has 0 aliphatic rings. The normalized spacial score (nSPS) is 11.1. The molecule has 0 fully saturated rings. The van der Waals surface area contributed by atoms with E-state index in [1.165, 1.54) is 0 Å². The largest absolute Gasteiger partial charge is 0.304 e. The fraction of sp³-hybridized carbons (Fsp3) is 0.263. The maximum absolute atomic E-state index is 9.41. The summed E-state index contributed by atoms with van der Waals surface area (Å²) in [6, 6.07) is 19.7. The summed E-state index contributed by atoms with van der Waals surface area (Å²) in [5.74, 6) is 0. The molecular formula is C19H20N4. The first-order chi connectivity index (χ1) is 11.2. The highest BCUT2D eigenvalue weighted by Gasteiger charge is 2.16. The van der Waals surface area contributed by atoms with Crippen molar-refractivity contribution >= 4 is 0 Å². The Morgan fingerprint density at radius 1 is 0.826 bits per heavy atom. The zero-order valence-electron chi connectivity index (χ0n) is 13.3. The van der Waals surface area contributed by atoms with Gasteiger partial charge in [0, 0.05) is 6.54 Å². The average molecular weight is 304 g/mol. The van der Waals surface area contributed by atoms with Crippen molar-refractivity contribution < 1.29 is 0 Å². The van der Waals surface area contributed by atoms with E-state index < -0.39 is 0 Å². The van der Waals surface area contributed by atoms with Crippen LogP contribution in [0.4, 0.5) is 0 Å². The van der Waals surface area contributed by atoms with Crippen LogP contribution < -0.4 is 0 Å². The lowest BCUT2D eigenvalue weighted by molar-refractivity contribution is 0.232. The second-order valence-electron chi connectivity index (χ2n) is 5.53. The molecule has 0 N–H and O–H groups in total. The summed E-state index contributed by atoms with van der Waals surface area (Å²) in [5.41, 5.74) is 2.18. The first-order valence-electron chi connectivity index (χ1n) is 7.62. The third-order valence-electron chi connectivity index (χ3n) is 3.70. The molecule has 0 radical (unpaired) electrons. The molecule has 0 bridgehead atoms. The zero-order chi connectivity index (χ0) is 16.5. The van der Waals surface area contributed by atoms with Gasteiger partial charge in [-0.3, -0.25) is 0 Å². The van der Waals surface area contributed by atoms with Gasteiger partial charge < -0.3 is 9.80 Å². The molecule has 2 rings (SSSR count). The number of nitrogens with zero attached hydrogens (tertiary/aromatic N) is 4. The maximum atomic E-state index is 9.41. The van der Waals surface area contributed by atoms with Gasteiger partial charge in [0.1, 0.15) is 0 Å². The second kappa shape index (κ2) is 8.46. The van der Waals surface area contributed by atoms with E-state index in [1.807, 2.05) is 67.6 Å². The van der Waals surface area contributed by atoms with Crippen LogP contribution in [0.25, 0.3) is 0 Å². The van der Waals surface area contributed by atoms with Gasteiger partial charge >= 0.3 is 0 Å². The molecule has 2 aromatic rings. The molecule has 23 heavy (non-hydrogen) atoms. The molecule has 0 heterocycles. The van der Waals surface area contributed by atoms with Crippen LogP contribution in [0.1, 0.15) is 18.1 Å². The summed E-state index contributed by atoms with van der Waals surface area (Å²) >= 11 is 0. The Morgan fingerprint density at radius 3 is 1.83 bits per heavy atom. The highest BCUT2D eigenvalue weighted by molar-refractivity contribution is 5.16. The predicted molar refractivity (Wildman–Crippen MR) is 89.5 cm³/mol. The smallest absolute Gasteiger partial charge is 0.179 e. The molecule has 0 saturated heterocycles. The van der Waals surface area contributed by atoms with Gasteiger partial charge in [0.05, 0.1) is 19.1 Å². The predicted octanol–water partition coefficient (Wildman–Crippen LogP) is 3.34. The van der Waals surface area contributed by atoms with Gasteiger partial charge in [-0.2, -0.15) is 10.5 Å². The lowest BCUT2D eigenvalue weighted by Gasteiger charge is -2.27. The topological polar surface area (TPSA) is 54.1 Å². The van der Waals surface area contributed by atoms with Gasteiger partial charge in [0.15, 0.2) is 12.4 Å². The van der Waals surface area contributed by atoms with E-state index >= 15 is 0 Å². The van der Waals surface area contributed by atoms with Crippen LogP contribution in [0.5, 0.6) is 0 Å². The molecule has 4 nitrogen and oxygen atoms in total. The minimum absolute atomic E-state index is 0.0384. The van der Waals surface area contributed by atoms with Gasteiger partial charge in [-0.05, 0) is 18.1 Å². The molecule has 0 saturated carbocycles. The van der Waals surface area contributed by atoms with Crippen molar-refractivity contribution in [1.82, 2.24) is 9.80 Å². The van der Waals surface area contributed by atoms with Gasteiger partial charge in [0.25, 0.3) is 0 Å². The summed E-state index contributed by atoms with van der Waals surface area (Å²) in [7, 11) is 0. The van der Waals surface area contributed by atoms with Crippen molar-refractivity contribution in [3.05, 3.63) is 71.8 Å². The van der Waals surface area contributed by atoms with E-state index in [-0.39, 0.29) is 6.04 Å². The SMILES string of the molecule is CC(CN(C#N)Cc1ccccc1)N(C#N)Cc1ccccc1. The van der Waals surface area contributed by atoms with E-state index in [2.05, 4.69) is 12.4 Å². The lowest BCUT2D eigenvalue weighted by atomic mass is 10.1. The van der Waals surface area contributed by atoms with Crippen molar-refractivity contribution in [1.29, 1.82) is 10.5 Å². The van der Waals surface area contributed by atoms with E-state index in [0.717, 1.165) is 11.1 Å². The fourth-order valence-electron chi connectivity index (χ4n) is 2.43. The highest BCUT2D eigenvalue weighted by atomic mass is 15.2. The van der Waals surface area contributed by atoms with Crippen molar-refractivity contribution in [3.63, 3.8) is 0 Å². The van der Waals surface area contributed by atoms with E-state index in [4.69, 9.17) is 0 Å². The highest BCUT2D eigenvalue weighted by Crippen LogP contribution is 2.10. The summed E-state index contributed by atoms with van der Waals surface area (Å²) in [6.07, 6.45) is 4.46. The standard InChI is InChI=1S/C19H20N4/c1-17(23(16-21)14-19-10-6-3-7-11-19)12-22(15-20)13-18-8-4-2-5-9-18/h2-11,17H,12-14H2,1H3. The van der Waals surface area contributed by atoms with Gasteiger partial charge in [0.2, 0.25) is 0 Å². The van der Waals surface area contributed by atoms with Crippen molar-refractivity contribution in [2.45, 2.75) is 26.1 Å². The van der Waals surface area contributed by atoms with Crippen molar-refractivity contribution in [2.24, 2.45) is 0 Å². The number of nitriles is 2. The van der Waals surface area contributed by atoms with Crippen LogP contribution in [0.3, 0.4) is 0 Å².